The Hall–Kier alpha value is -1.38. The van der Waals surface area contributed by atoms with E-state index in [0.29, 0.717) is 21.5 Å². The quantitative estimate of drug-likeness (QED) is 0.856. The zero-order valence-corrected chi connectivity index (χ0v) is 9.66. The van der Waals surface area contributed by atoms with Crippen molar-refractivity contribution in [2.75, 3.05) is 0 Å². The van der Waals surface area contributed by atoms with Crippen molar-refractivity contribution in [1.82, 2.24) is 0 Å². The Morgan fingerprint density at radius 2 is 1.62 bits per heavy atom. The summed E-state index contributed by atoms with van der Waals surface area (Å²) in [7, 11) is 0. The molecule has 0 unspecified atom stereocenters. The maximum Gasteiger partial charge on any atom is 0.147 e. The van der Waals surface area contributed by atoms with Gasteiger partial charge >= 0.3 is 0 Å². The molecule has 4 heteroatoms. The highest BCUT2D eigenvalue weighted by Crippen LogP contribution is 2.32. The van der Waals surface area contributed by atoms with Crippen molar-refractivity contribution in [3.05, 3.63) is 52.5 Å². The maximum absolute atomic E-state index is 9.12. The Morgan fingerprint density at radius 1 is 0.938 bits per heavy atom. The zero-order valence-electron chi connectivity index (χ0n) is 8.15. The zero-order chi connectivity index (χ0) is 11.5. The third-order valence-corrected chi connectivity index (χ3v) is 2.51. The molecule has 0 fully saturated rings. The molecule has 0 bridgehead atoms. The van der Waals surface area contributed by atoms with Crippen LogP contribution in [0.15, 0.2) is 42.5 Å². The van der Waals surface area contributed by atoms with E-state index in [9.17, 15) is 0 Å². The third-order valence-electron chi connectivity index (χ3n) is 1.96. The first-order valence-electron chi connectivity index (χ1n) is 4.57. The predicted molar refractivity (Wildman–Crippen MR) is 64.6 cm³/mol. The van der Waals surface area contributed by atoms with E-state index in [2.05, 4.69) is 0 Å². The number of phenols is 1. The molecule has 0 aliphatic heterocycles. The van der Waals surface area contributed by atoms with Crippen molar-refractivity contribution >= 4 is 23.2 Å². The maximum atomic E-state index is 9.12. The summed E-state index contributed by atoms with van der Waals surface area (Å²) in [6.07, 6.45) is 0. The van der Waals surface area contributed by atoms with E-state index in [1.54, 1.807) is 30.3 Å². The number of aromatic hydroxyl groups is 1. The second-order valence-corrected chi connectivity index (χ2v) is 4.01. The van der Waals surface area contributed by atoms with Crippen LogP contribution in [-0.2, 0) is 0 Å². The van der Waals surface area contributed by atoms with Gasteiger partial charge in [-0.2, -0.15) is 0 Å². The molecule has 16 heavy (non-hydrogen) atoms. The molecule has 0 aliphatic rings. The average Bonchev–Trinajstić information content (AvgIpc) is 2.27. The fraction of sp³-hybridized carbons (Fsp3) is 0. The van der Waals surface area contributed by atoms with Gasteiger partial charge in [-0.15, -0.1) is 0 Å². The van der Waals surface area contributed by atoms with Gasteiger partial charge in [-0.05, 0) is 36.4 Å². The molecule has 0 spiro atoms. The van der Waals surface area contributed by atoms with Crippen LogP contribution in [0.2, 0.25) is 10.0 Å². The summed E-state index contributed by atoms with van der Waals surface area (Å²) in [6.45, 7) is 0. The van der Waals surface area contributed by atoms with E-state index >= 15 is 0 Å². The first-order valence-corrected chi connectivity index (χ1v) is 5.33. The Bertz CT molecular complexity index is 495. The van der Waals surface area contributed by atoms with Crippen molar-refractivity contribution < 1.29 is 9.84 Å². The summed E-state index contributed by atoms with van der Waals surface area (Å²) >= 11 is 11.8. The number of ether oxygens (including phenoxy) is 1. The molecular formula is C12H8Cl2O2. The van der Waals surface area contributed by atoms with Crippen LogP contribution in [0.4, 0.5) is 0 Å². The van der Waals surface area contributed by atoms with Gasteiger partial charge in [0.2, 0.25) is 0 Å². The molecule has 0 aromatic heterocycles. The normalized spacial score (nSPS) is 10.1. The van der Waals surface area contributed by atoms with Crippen LogP contribution in [0.1, 0.15) is 0 Å². The van der Waals surface area contributed by atoms with E-state index in [1.165, 1.54) is 12.1 Å². The average molecular weight is 255 g/mol. The minimum absolute atomic E-state index is 0.185. The molecule has 0 saturated heterocycles. The lowest BCUT2D eigenvalue weighted by molar-refractivity contribution is 0.464. The summed E-state index contributed by atoms with van der Waals surface area (Å²) in [5.41, 5.74) is 0. The largest absolute Gasteiger partial charge is 0.508 e. The summed E-state index contributed by atoms with van der Waals surface area (Å²) in [4.78, 5) is 0. The van der Waals surface area contributed by atoms with Crippen molar-refractivity contribution in [1.29, 1.82) is 0 Å². The fourth-order valence-electron chi connectivity index (χ4n) is 1.20. The molecule has 1 N–H and O–H groups in total. The number of hydrogen-bond donors (Lipinski definition) is 1. The highest BCUT2D eigenvalue weighted by Gasteiger charge is 2.04. The fourth-order valence-corrected chi connectivity index (χ4v) is 1.51. The lowest BCUT2D eigenvalue weighted by Gasteiger charge is -2.07. The van der Waals surface area contributed by atoms with Crippen molar-refractivity contribution in [3.63, 3.8) is 0 Å². The summed E-state index contributed by atoms with van der Waals surface area (Å²) < 4.78 is 5.52. The number of benzene rings is 2. The molecule has 82 valence electrons. The molecule has 2 aromatic rings. The van der Waals surface area contributed by atoms with Crippen LogP contribution < -0.4 is 4.74 Å². The molecule has 0 radical (unpaired) electrons. The number of rotatable bonds is 2. The molecule has 0 aliphatic carbocycles. The van der Waals surface area contributed by atoms with Gasteiger partial charge in [0, 0.05) is 11.1 Å². The predicted octanol–water partition coefficient (Wildman–Crippen LogP) is 4.49. The lowest BCUT2D eigenvalue weighted by atomic mass is 10.3. The lowest BCUT2D eigenvalue weighted by Crippen LogP contribution is -1.84. The van der Waals surface area contributed by atoms with E-state index in [4.69, 9.17) is 33.0 Å². The number of halogens is 2. The Kier molecular flexibility index (Phi) is 3.22. The number of phenolic OH excluding ortho intramolecular Hbond substituents is 1. The van der Waals surface area contributed by atoms with E-state index in [-0.39, 0.29) is 5.75 Å². The molecule has 2 rings (SSSR count). The van der Waals surface area contributed by atoms with E-state index < -0.39 is 0 Å². The van der Waals surface area contributed by atoms with Gasteiger partial charge in [0.25, 0.3) is 0 Å². The van der Waals surface area contributed by atoms with Crippen LogP contribution in [0, 0.1) is 0 Å². The van der Waals surface area contributed by atoms with Crippen LogP contribution in [0.5, 0.6) is 17.2 Å². The second kappa shape index (κ2) is 4.64. The Balaban J connectivity index is 2.26. The van der Waals surface area contributed by atoms with Crippen LogP contribution in [-0.4, -0.2) is 5.11 Å². The highest BCUT2D eigenvalue weighted by atomic mass is 35.5. The minimum Gasteiger partial charge on any atom is -0.508 e. The summed E-state index contributed by atoms with van der Waals surface area (Å²) in [5.74, 6) is 1.26. The van der Waals surface area contributed by atoms with Gasteiger partial charge in [-0.3, -0.25) is 0 Å². The molecular weight excluding hydrogens is 247 g/mol. The van der Waals surface area contributed by atoms with E-state index in [0.717, 1.165) is 0 Å². The minimum atomic E-state index is 0.185. The topological polar surface area (TPSA) is 29.5 Å². The van der Waals surface area contributed by atoms with Gasteiger partial charge in [-0.25, -0.2) is 0 Å². The van der Waals surface area contributed by atoms with Crippen molar-refractivity contribution in [2.24, 2.45) is 0 Å². The summed E-state index contributed by atoms with van der Waals surface area (Å²) in [6, 6.07) is 11.4. The van der Waals surface area contributed by atoms with Gasteiger partial charge in [-0.1, -0.05) is 23.2 Å². The van der Waals surface area contributed by atoms with E-state index in [1.807, 2.05) is 0 Å². The summed E-state index contributed by atoms with van der Waals surface area (Å²) in [5, 5.41) is 10.2. The van der Waals surface area contributed by atoms with Crippen molar-refractivity contribution in [3.8, 4) is 17.2 Å². The molecule has 0 saturated carbocycles. The smallest absolute Gasteiger partial charge is 0.147 e. The molecule has 0 atom stereocenters. The molecule has 0 amide bonds. The number of hydrogen-bond acceptors (Lipinski definition) is 2. The molecule has 2 aromatic carbocycles. The van der Waals surface area contributed by atoms with Crippen LogP contribution >= 0.6 is 23.2 Å². The first kappa shape index (κ1) is 11.1. The Morgan fingerprint density at radius 3 is 2.31 bits per heavy atom. The van der Waals surface area contributed by atoms with Gasteiger partial charge in [0.05, 0.1) is 5.02 Å². The monoisotopic (exact) mass is 254 g/mol. The highest BCUT2D eigenvalue weighted by molar-refractivity contribution is 6.34. The standard InChI is InChI=1S/C12H8Cl2O2/c13-8-1-6-11(14)12(7-8)16-10-4-2-9(15)3-5-10/h1-7,15H. The van der Waals surface area contributed by atoms with Gasteiger partial charge in [0.1, 0.15) is 17.2 Å². The third kappa shape index (κ3) is 2.60. The second-order valence-electron chi connectivity index (χ2n) is 3.17. The molecule has 2 nitrogen and oxygen atoms in total. The van der Waals surface area contributed by atoms with Gasteiger partial charge < -0.3 is 9.84 Å². The SMILES string of the molecule is Oc1ccc(Oc2cc(Cl)ccc2Cl)cc1. The van der Waals surface area contributed by atoms with Crippen LogP contribution in [0.25, 0.3) is 0 Å². The first-order chi connectivity index (χ1) is 7.65. The Labute approximate surface area is 103 Å². The molecule has 0 heterocycles. The van der Waals surface area contributed by atoms with Gasteiger partial charge in [0.15, 0.2) is 0 Å². The van der Waals surface area contributed by atoms with Crippen LogP contribution in [0.3, 0.4) is 0 Å². The van der Waals surface area contributed by atoms with Crippen molar-refractivity contribution in [2.45, 2.75) is 0 Å².